The highest BCUT2D eigenvalue weighted by atomic mass is 16.5. The lowest BCUT2D eigenvalue weighted by atomic mass is 10.1. The number of nitrogens with one attached hydrogen (secondary N) is 2. The van der Waals surface area contributed by atoms with Gasteiger partial charge in [-0.2, -0.15) is 0 Å². The lowest BCUT2D eigenvalue weighted by Crippen LogP contribution is -2.41. The van der Waals surface area contributed by atoms with Crippen LogP contribution in [0.25, 0.3) is 0 Å². The second-order valence-corrected chi connectivity index (χ2v) is 4.09. The molecular formula is C15H20N2O2. The molecule has 0 unspecified atom stereocenters. The van der Waals surface area contributed by atoms with Crippen LogP contribution in [0, 0.1) is 12.3 Å². The van der Waals surface area contributed by atoms with Crippen molar-refractivity contribution in [1.82, 2.24) is 10.6 Å². The Kier molecular flexibility index (Phi) is 6.31. The topological polar surface area (TPSA) is 50.4 Å². The fourth-order valence-corrected chi connectivity index (χ4v) is 1.69. The minimum atomic E-state index is -0.236. The van der Waals surface area contributed by atoms with Crippen molar-refractivity contribution >= 4 is 6.03 Å². The van der Waals surface area contributed by atoms with Gasteiger partial charge in [0, 0.05) is 6.54 Å². The predicted octanol–water partition coefficient (Wildman–Crippen LogP) is 1.95. The van der Waals surface area contributed by atoms with E-state index < -0.39 is 0 Å². The van der Waals surface area contributed by atoms with Gasteiger partial charge in [-0.3, -0.25) is 0 Å². The number of carbonyl (C=O) groups is 1. The first-order valence-corrected chi connectivity index (χ1v) is 6.33. The number of rotatable bonds is 6. The van der Waals surface area contributed by atoms with E-state index in [-0.39, 0.29) is 12.1 Å². The van der Waals surface area contributed by atoms with Gasteiger partial charge in [0.15, 0.2) is 0 Å². The summed E-state index contributed by atoms with van der Waals surface area (Å²) < 4.78 is 5.25. The first-order valence-electron chi connectivity index (χ1n) is 6.33. The average Bonchev–Trinajstić information content (AvgIpc) is 2.45. The number of urea groups is 1. The molecule has 0 radical (unpaired) electrons. The maximum absolute atomic E-state index is 11.6. The summed E-state index contributed by atoms with van der Waals surface area (Å²) in [4.78, 5) is 11.6. The molecule has 0 fully saturated rings. The van der Waals surface area contributed by atoms with Gasteiger partial charge in [-0.15, -0.1) is 6.42 Å². The first-order chi connectivity index (χ1) is 9.21. The summed E-state index contributed by atoms with van der Waals surface area (Å²) in [5, 5.41) is 5.49. The van der Waals surface area contributed by atoms with E-state index in [0.29, 0.717) is 13.0 Å². The molecule has 2 N–H and O–H groups in total. The van der Waals surface area contributed by atoms with Gasteiger partial charge in [-0.1, -0.05) is 31.0 Å². The molecule has 4 nitrogen and oxygen atoms in total. The van der Waals surface area contributed by atoms with E-state index in [9.17, 15) is 4.79 Å². The highest BCUT2D eigenvalue weighted by Gasteiger charge is 2.07. The molecule has 1 rings (SSSR count). The van der Waals surface area contributed by atoms with Crippen LogP contribution in [0.4, 0.5) is 4.79 Å². The zero-order valence-corrected chi connectivity index (χ0v) is 11.4. The van der Waals surface area contributed by atoms with Crippen molar-refractivity contribution in [2.75, 3.05) is 13.7 Å². The van der Waals surface area contributed by atoms with Crippen LogP contribution in [0.1, 0.15) is 18.9 Å². The molecule has 102 valence electrons. The third-order valence-corrected chi connectivity index (χ3v) is 2.79. The Morgan fingerprint density at radius 1 is 1.47 bits per heavy atom. The standard InChI is InChI=1S/C15H20N2O2/c1-4-13(5-2)17-15(18)16-11-10-12-8-6-7-9-14(12)19-3/h1,6-9,13H,5,10-11H2,2-3H3,(H2,16,17,18)/t13-/m0/s1. The van der Waals surface area contributed by atoms with Crippen LogP contribution >= 0.6 is 0 Å². The Morgan fingerprint density at radius 3 is 2.84 bits per heavy atom. The summed E-state index contributed by atoms with van der Waals surface area (Å²) in [6.45, 7) is 2.47. The number of amides is 2. The van der Waals surface area contributed by atoms with Crippen LogP contribution in [0.2, 0.25) is 0 Å². The van der Waals surface area contributed by atoms with Crippen molar-refractivity contribution in [1.29, 1.82) is 0 Å². The molecule has 0 aromatic heterocycles. The van der Waals surface area contributed by atoms with Gasteiger partial charge in [-0.25, -0.2) is 4.79 Å². The lowest BCUT2D eigenvalue weighted by Gasteiger charge is -2.12. The predicted molar refractivity (Wildman–Crippen MR) is 76.1 cm³/mol. The third kappa shape index (κ3) is 4.92. The van der Waals surface area contributed by atoms with Gasteiger partial charge in [0.05, 0.1) is 13.2 Å². The second kappa shape index (κ2) is 8.04. The third-order valence-electron chi connectivity index (χ3n) is 2.79. The Labute approximate surface area is 114 Å². The average molecular weight is 260 g/mol. The largest absolute Gasteiger partial charge is 0.496 e. The molecule has 0 saturated carbocycles. The Hall–Kier alpha value is -2.15. The number of methoxy groups -OCH3 is 1. The minimum absolute atomic E-state index is 0.216. The van der Waals surface area contributed by atoms with E-state index in [1.807, 2.05) is 31.2 Å². The first kappa shape index (κ1) is 14.9. The van der Waals surface area contributed by atoms with Crippen molar-refractivity contribution < 1.29 is 9.53 Å². The molecule has 4 heteroatoms. The number of hydrogen-bond acceptors (Lipinski definition) is 2. The van der Waals surface area contributed by atoms with Gasteiger partial charge >= 0.3 is 6.03 Å². The molecule has 0 bridgehead atoms. The smallest absolute Gasteiger partial charge is 0.315 e. The SMILES string of the molecule is C#C[C@@H](CC)NC(=O)NCCc1ccccc1OC. The Bertz CT molecular complexity index is 452. The van der Waals surface area contributed by atoms with E-state index in [2.05, 4.69) is 16.6 Å². The lowest BCUT2D eigenvalue weighted by molar-refractivity contribution is 0.239. The van der Waals surface area contributed by atoms with Gasteiger partial charge < -0.3 is 15.4 Å². The summed E-state index contributed by atoms with van der Waals surface area (Å²) in [5.41, 5.74) is 1.06. The highest BCUT2D eigenvalue weighted by Crippen LogP contribution is 2.17. The number of carbonyl (C=O) groups excluding carboxylic acids is 1. The highest BCUT2D eigenvalue weighted by molar-refractivity contribution is 5.74. The molecule has 0 heterocycles. The molecule has 0 saturated heterocycles. The molecule has 1 aromatic carbocycles. The molecule has 0 aliphatic carbocycles. The Balaban J connectivity index is 2.38. The van der Waals surface area contributed by atoms with Gasteiger partial charge in [-0.05, 0) is 24.5 Å². The van der Waals surface area contributed by atoms with Crippen molar-refractivity contribution in [3.05, 3.63) is 29.8 Å². The van der Waals surface area contributed by atoms with Crippen LogP contribution in [0.5, 0.6) is 5.75 Å². The molecular weight excluding hydrogens is 240 g/mol. The number of ether oxygens (including phenoxy) is 1. The second-order valence-electron chi connectivity index (χ2n) is 4.09. The minimum Gasteiger partial charge on any atom is -0.496 e. The van der Waals surface area contributed by atoms with Crippen LogP contribution in [-0.2, 0) is 6.42 Å². The van der Waals surface area contributed by atoms with Crippen LogP contribution < -0.4 is 15.4 Å². The van der Waals surface area contributed by atoms with Crippen LogP contribution in [0.3, 0.4) is 0 Å². The summed E-state index contributed by atoms with van der Waals surface area (Å²) >= 11 is 0. The monoisotopic (exact) mass is 260 g/mol. The fourth-order valence-electron chi connectivity index (χ4n) is 1.69. The van der Waals surface area contributed by atoms with Crippen LogP contribution in [-0.4, -0.2) is 25.7 Å². The van der Waals surface area contributed by atoms with Gasteiger partial charge in [0.1, 0.15) is 5.75 Å². The quantitative estimate of drug-likeness (QED) is 0.768. The molecule has 1 aromatic rings. The number of terminal acetylenes is 1. The number of hydrogen-bond donors (Lipinski definition) is 2. The van der Waals surface area contributed by atoms with E-state index in [1.54, 1.807) is 7.11 Å². The molecule has 0 aliphatic heterocycles. The van der Waals surface area contributed by atoms with Crippen molar-refractivity contribution in [3.8, 4) is 18.1 Å². The maximum atomic E-state index is 11.6. The molecule has 0 spiro atoms. The molecule has 1 atom stereocenters. The molecule has 19 heavy (non-hydrogen) atoms. The normalized spacial score (nSPS) is 11.2. The Morgan fingerprint density at radius 2 is 2.21 bits per heavy atom. The van der Waals surface area contributed by atoms with Crippen molar-refractivity contribution in [2.24, 2.45) is 0 Å². The van der Waals surface area contributed by atoms with Gasteiger partial charge in [0.2, 0.25) is 0 Å². The molecule has 2 amide bonds. The van der Waals surface area contributed by atoms with Gasteiger partial charge in [0.25, 0.3) is 0 Å². The van der Waals surface area contributed by atoms with E-state index >= 15 is 0 Å². The zero-order chi connectivity index (χ0) is 14.1. The summed E-state index contributed by atoms with van der Waals surface area (Å²) in [7, 11) is 1.64. The fraction of sp³-hybridized carbons (Fsp3) is 0.400. The van der Waals surface area contributed by atoms with E-state index in [0.717, 1.165) is 17.7 Å². The van der Waals surface area contributed by atoms with Crippen molar-refractivity contribution in [3.63, 3.8) is 0 Å². The van der Waals surface area contributed by atoms with E-state index in [1.165, 1.54) is 0 Å². The summed E-state index contributed by atoms with van der Waals surface area (Å²) in [6, 6.07) is 7.30. The van der Waals surface area contributed by atoms with Crippen LogP contribution in [0.15, 0.2) is 24.3 Å². The zero-order valence-electron chi connectivity index (χ0n) is 11.4. The van der Waals surface area contributed by atoms with Crippen molar-refractivity contribution in [2.45, 2.75) is 25.8 Å². The number of benzene rings is 1. The summed E-state index contributed by atoms with van der Waals surface area (Å²) in [5.74, 6) is 3.35. The molecule has 0 aliphatic rings. The van der Waals surface area contributed by atoms with E-state index in [4.69, 9.17) is 11.2 Å². The maximum Gasteiger partial charge on any atom is 0.315 e. The number of para-hydroxylation sites is 1. The summed E-state index contributed by atoms with van der Waals surface area (Å²) in [6.07, 6.45) is 6.71.